The van der Waals surface area contributed by atoms with Gasteiger partial charge in [-0.05, 0) is 30.3 Å². The Kier molecular flexibility index (Phi) is 3.70. The number of para-hydroxylation sites is 1. The van der Waals surface area contributed by atoms with Crippen LogP contribution in [-0.2, 0) is 4.79 Å². The average molecular weight is 305 g/mol. The molecule has 1 heterocycles. The number of nitrogens with two attached hydrogens (primary N) is 1. The molecule has 0 aliphatic carbocycles. The number of carbonyl (C=O) groups is 1. The highest BCUT2D eigenvalue weighted by molar-refractivity contribution is 7.99. The van der Waals surface area contributed by atoms with Crippen LogP contribution in [-0.4, -0.2) is 12.5 Å². The third-order valence-electron chi connectivity index (χ3n) is 3.10. The zero-order valence-corrected chi connectivity index (χ0v) is 12.2. The molecule has 1 aliphatic rings. The van der Waals surface area contributed by atoms with Crippen molar-refractivity contribution in [3.8, 4) is 0 Å². The van der Waals surface area contributed by atoms with E-state index in [0.717, 1.165) is 21.2 Å². The Labute approximate surface area is 126 Å². The Morgan fingerprint density at radius 1 is 1.15 bits per heavy atom. The number of anilines is 2. The Morgan fingerprint density at radius 3 is 2.70 bits per heavy atom. The topological polar surface area (TPSA) is 46.3 Å². The van der Waals surface area contributed by atoms with Gasteiger partial charge in [0.1, 0.15) is 0 Å². The molecule has 1 amide bonds. The number of nitrogens with zero attached hydrogens (tertiary/aromatic N) is 1. The predicted molar refractivity (Wildman–Crippen MR) is 82.8 cm³/mol. The third-order valence-corrected chi connectivity index (χ3v) is 4.46. The lowest BCUT2D eigenvalue weighted by molar-refractivity contribution is -0.117. The van der Waals surface area contributed by atoms with Crippen molar-refractivity contribution in [1.29, 1.82) is 0 Å². The maximum absolute atomic E-state index is 12.4. The fourth-order valence-electron chi connectivity index (χ4n) is 2.23. The Morgan fingerprint density at radius 2 is 1.90 bits per heavy atom. The first-order valence-corrected chi connectivity index (χ1v) is 7.49. The highest BCUT2D eigenvalue weighted by Gasteiger charge is 2.27. The van der Waals surface area contributed by atoms with Crippen LogP contribution in [0.3, 0.4) is 0 Å². The van der Waals surface area contributed by atoms with Crippen LogP contribution in [0, 0.1) is 0 Å². The smallest absolute Gasteiger partial charge is 0.232 e. The molecule has 1 aliphatic heterocycles. The van der Waals surface area contributed by atoms with Gasteiger partial charge < -0.3 is 5.73 Å². The third kappa shape index (κ3) is 2.30. The summed E-state index contributed by atoms with van der Waals surface area (Å²) >= 11 is 7.73. The van der Waals surface area contributed by atoms with E-state index in [9.17, 15) is 4.79 Å². The summed E-state index contributed by atoms with van der Waals surface area (Å²) in [4.78, 5) is 16.2. The summed E-state index contributed by atoms with van der Waals surface area (Å²) in [6, 6.07) is 13.5. The lowest BCUT2D eigenvalue weighted by Gasteiger charge is -2.31. The van der Waals surface area contributed by atoms with E-state index in [2.05, 4.69) is 0 Å². The SMILES string of the molecule is NCCC(=O)N1c2ccccc2Sc2ccc(Cl)cc21. The van der Waals surface area contributed by atoms with E-state index in [-0.39, 0.29) is 5.91 Å². The second kappa shape index (κ2) is 5.48. The molecule has 2 aromatic rings. The van der Waals surface area contributed by atoms with Gasteiger partial charge in [0.2, 0.25) is 5.91 Å². The van der Waals surface area contributed by atoms with E-state index in [4.69, 9.17) is 17.3 Å². The number of hydrogen-bond donors (Lipinski definition) is 1. The highest BCUT2D eigenvalue weighted by Crippen LogP contribution is 2.48. The molecule has 2 aromatic carbocycles. The zero-order valence-electron chi connectivity index (χ0n) is 10.7. The van der Waals surface area contributed by atoms with Gasteiger partial charge in [-0.25, -0.2) is 0 Å². The van der Waals surface area contributed by atoms with Gasteiger partial charge >= 0.3 is 0 Å². The molecular weight excluding hydrogens is 292 g/mol. The molecule has 2 N–H and O–H groups in total. The van der Waals surface area contributed by atoms with Gasteiger partial charge in [0.15, 0.2) is 0 Å². The molecule has 0 saturated heterocycles. The summed E-state index contributed by atoms with van der Waals surface area (Å²) in [6.45, 7) is 0.334. The maximum Gasteiger partial charge on any atom is 0.232 e. The monoisotopic (exact) mass is 304 g/mol. The quantitative estimate of drug-likeness (QED) is 0.917. The van der Waals surface area contributed by atoms with Gasteiger partial charge in [0.25, 0.3) is 0 Å². The van der Waals surface area contributed by atoms with Crippen molar-refractivity contribution >= 4 is 40.6 Å². The standard InChI is InChI=1S/C15H13ClN2OS/c16-10-5-6-14-12(9-10)18(15(19)7-8-17)11-3-1-2-4-13(11)20-14/h1-6,9H,7-8,17H2. The first-order chi connectivity index (χ1) is 9.70. The van der Waals surface area contributed by atoms with Crippen LogP contribution >= 0.6 is 23.4 Å². The van der Waals surface area contributed by atoms with Crippen LogP contribution in [0.5, 0.6) is 0 Å². The van der Waals surface area contributed by atoms with Gasteiger partial charge in [0, 0.05) is 27.8 Å². The van der Waals surface area contributed by atoms with Crippen LogP contribution in [0.15, 0.2) is 52.3 Å². The predicted octanol–water partition coefficient (Wildman–Crippen LogP) is 3.82. The van der Waals surface area contributed by atoms with Gasteiger partial charge in [-0.1, -0.05) is 35.5 Å². The molecule has 5 heteroatoms. The number of fused-ring (bicyclic) bond motifs is 2. The van der Waals surface area contributed by atoms with Gasteiger partial charge in [-0.15, -0.1) is 0 Å². The molecule has 0 radical (unpaired) electrons. The van der Waals surface area contributed by atoms with Crippen molar-refractivity contribution in [3.63, 3.8) is 0 Å². The van der Waals surface area contributed by atoms with Gasteiger partial charge in [0.05, 0.1) is 11.4 Å². The van der Waals surface area contributed by atoms with Gasteiger partial charge in [-0.2, -0.15) is 0 Å². The fourth-order valence-corrected chi connectivity index (χ4v) is 3.44. The number of amides is 1. The van der Waals surface area contributed by atoms with Crippen molar-refractivity contribution < 1.29 is 4.79 Å². The van der Waals surface area contributed by atoms with Crippen molar-refractivity contribution in [2.24, 2.45) is 5.73 Å². The van der Waals surface area contributed by atoms with E-state index in [1.807, 2.05) is 42.5 Å². The van der Waals surface area contributed by atoms with Crippen molar-refractivity contribution in [3.05, 3.63) is 47.5 Å². The molecule has 102 valence electrons. The number of benzene rings is 2. The summed E-state index contributed by atoms with van der Waals surface area (Å²) in [5, 5.41) is 0.620. The molecule has 0 atom stereocenters. The molecule has 0 spiro atoms. The van der Waals surface area contributed by atoms with Gasteiger partial charge in [-0.3, -0.25) is 9.69 Å². The second-order valence-electron chi connectivity index (χ2n) is 4.45. The van der Waals surface area contributed by atoms with E-state index < -0.39 is 0 Å². The van der Waals surface area contributed by atoms with Crippen LogP contribution in [0.4, 0.5) is 11.4 Å². The van der Waals surface area contributed by atoms with E-state index in [1.165, 1.54) is 0 Å². The minimum Gasteiger partial charge on any atom is -0.330 e. The molecule has 0 unspecified atom stereocenters. The van der Waals surface area contributed by atoms with Crippen LogP contribution in [0.2, 0.25) is 5.02 Å². The summed E-state index contributed by atoms with van der Waals surface area (Å²) in [6.07, 6.45) is 0.310. The minimum absolute atomic E-state index is 0.0104. The number of carbonyl (C=O) groups excluding carboxylic acids is 1. The molecule has 0 saturated carbocycles. The zero-order chi connectivity index (χ0) is 14.1. The van der Waals surface area contributed by atoms with Crippen LogP contribution in [0.1, 0.15) is 6.42 Å². The van der Waals surface area contributed by atoms with E-state index >= 15 is 0 Å². The van der Waals surface area contributed by atoms with Crippen molar-refractivity contribution in [2.75, 3.05) is 11.4 Å². The molecular formula is C15H13ClN2OS. The normalized spacial score (nSPS) is 12.8. The number of halogens is 1. The van der Waals surface area contributed by atoms with Crippen molar-refractivity contribution in [2.45, 2.75) is 16.2 Å². The van der Waals surface area contributed by atoms with E-state index in [1.54, 1.807) is 16.7 Å². The molecule has 3 rings (SSSR count). The molecule has 0 aromatic heterocycles. The fraction of sp³-hybridized carbons (Fsp3) is 0.133. The summed E-state index contributed by atoms with van der Waals surface area (Å²) in [5.41, 5.74) is 7.25. The summed E-state index contributed by atoms with van der Waals surface area (Å²) < 4.78 is 0. The lowest BCUT2D eigenvalue weighted by atomic mass is 10.2. The molecule has 3 nitrogen and oxygen atoms in total. The summed E-state index contributed by atoms with van der Waals surface area (Å²) in [5.74, 6) is -0.0104. The number of rotatable bonds is 2. The van der Waals surface area contributed by atoms with Crippen molar-refractivity contribution in [1.82, 2.24) is 0 Å². The summed E-state index contributed by atoms with van der Waals surface area (Å²) in [7, 11) is 0. The van der Waals surface area contributed by atoms with Crippen LogP contribution < -0.4 is 10.6 Å². The first-order valence-electron chi connectivity index (χ1n) is 6.30. The van der Waals surface area contributed by atoms with Crippen LogP contribution in [0.25, 0.3) is 0 Å². The Balaban J connectivity index is 2.16. The Hall–Kier alpha value is -1.49. The largest absolute Gasteiger partial charge is 0.330 e. The molecule has 0 bridgehead atoms. The Bertz CT molecular complexity index is 675. The number of hydrogen-bond acceptors (Lipinski definition) is 3. The lowest BCUT2D eigenvalue weighted by Crippen LogP contribution is -2.30. The molecule has 20 heavy (non-hydrogen) atoms. The highest BCUT2D eigenvalue weighted by atomic mass is 35.5. The maximum atomic E-state index is 12.4. The van der Waals surface area contributed by atoms with E-state index in [0.29, 0.717) is 18.0 Å². The minimum atomic E-state index is -0.0104. The first kappa shape index (κ1) is 13.5. The second-order valence-corrected chi connectivity index (χ2v) is 5.97. The molecule has 0 fully saturated rings. The average Bonchev–Trinajstić information content (AvgIpc) is 2.45.